The first-order valence-corrected chi connectivity index (χ1v) is 9.96. The van der Waals surface area contributed by atoms with E-state index in [1.807, 2.05) is 18.2 Å². The molecule has 1 aromatic heterocycles. The van der Waals surface area contributed by atoms with Gasteiger partial charge >= 0.3 is 6.18 Å². The SMILES string of the molecule is CCn1c(C2CC(NC(=O)c3ccc(C(F)(F)F)cc3)NN2)cc2ccc(OC)cc21. The highest BCUT2D eigenvalue weighted by atomic mass is 19.4. The Morgan fingerprint density at radius 2 is 1.90 bits per heavy atom. The molecule has 0 radical (unpaired) electrons. The number of alkyl halides is 3. The molecule has 2 aromatic carbocycles. The van der Waals surface area contributed by atoms with Crippen molar-refractivity contribution in [3.63, 3.8) is 0 Å². The van der Waals surface area contributed by atoms with Crippen molar-refractivity contribution in [3.8, 4) is 5.75 Å². The minimum atomic E-state index is -4.43. The van der Waals surface area contributed by atoms with Gasteiger partial charge in [-0.05, 0) is 49.4 Å². The van der Waals surface area contributed by atoms with E-state index >= 15 is 0 Å². The Bertz CT molecular complexity index is 1090. The number of hydrazine groups is 1. The van der Waals surface area contributed by atoms with E-state index < -0.39 is 17.6 Å². The molecule has 1 aliphatic rings. The van der Waals surface area contributed by atoms with Gasteiger partial charge in [-0.3, -0.25) is 4.79 Å². The lowest BCUT2D eigenvalue weighted by molar-refractivity contribution is -0.137. The minimum absolute atomic E-state index is 0.0451. The molecule has 0 aliphatic carbocycles. The maximum absolute atomic E-state index is 12.7. The van der Waals surface area contributed by atoms with Gasteiger partial charge in [-0.1, -0.05) is 0 Å². The van der Waals surface area contributed by atoms with Crippen LogP contribution in [0.15, 0.2) is 48.5 Å². The predicted octanol–water partition coefficient (Wildman–Crippen LogP) is 3.98. The van der Waals surface area contributed by atoms with Crippen molar-refractivity contribution in [1.29, 1.82) is 0 Å². The first kappa shape index (κ1) is 21.2. The number of hydrogen-bond acceptors (Lipinski definition) is 4. The Labute approximate surface area is 177 Å². The number of aryl methyl sites for hydroxylation is 1. The van der Waals surface area contributed by atoms with Gasteiger partial charge < -0.3 is 14.6 Å². The summed E-state index contributed by atoms with van der Waals surface area (Å²) in [4.78, 5) is 12.5. The van der Waals surface area contributed by atoms with Crippen molar-refractivity contribution in [3.05, 3.63) is 65.4 Å². The van der Waals surface area contributed by atoms with Crippen molar-refractivity contribution >= 4 is 16.8 Å². The third-order valence-electron chi connectivity index (χ3n) is 5.50. The molecule has 2 atom stereocenters. The maximum Gasteiger partial charge on any atom is 0.416 e. The molecule has 2 unspecified atom stereocenters. The molecule has 2 heterocycles. The molecule has 4 rings (SSSR count). The van der Waals surface area contributed by atoms with E-state index in [0.717, 1.165) is 41.0 Å². The predicted molar refractivity (Wildman–Crippen MR) is 110 cm³/mol. The topological polar surface area (TPSA) is 67.3 Å². The minimum Gasteiger partial charge on any atom is -0.497 e. The molecule has 1 saturated heterocycles. The van der Waals surface area contributed by atoms with Gasteiger partial charge in [-0.15, -0.1) is 0 Å². The van der Waals surface area contributed by atoms with Crippen LogP contribution in [0.3, 0.4) is 0 Å². The molecule has 0 saturated carbocycles. The standard InChI is InChI=1S/C22H23F3N4O2/c1-3-29-18-11-16(31-2)9-6-14(18)10-19(29)17-12-20(28-27-17)26-21(30)13-4-7-15(8-5-13)22(23,24)25/h4-11,17,20,27-28H,3,12H2,1-2H3,(H,26,30). The molecule has 3 N–H and O–H groups in total. The summed E-state index contributed by atoms with van der Waals surface area (Å²) in [5.74, 6) is 0.348. The molecule has 0 bridgehead atoms. The summed E-state index contributed by atoms with van der Waals surface area (Å²) < 4.78 is 45.6. The molecule has 9 heteroatoms. The monoisotopic (exact) mass is 432 g/mol. The Hall–Kier alpha value is -3.04. The Morgan fingerprint density at radius 3 is 2.55 bits per heavy atom. The van der Waals surface area contributed by atoms with Crippen molar-refractivity contribution in [2.75, 3.05) is 7.11 Å². The zero-order valence-electron chi connectivity index (χ0n) is 17.1. The number of nitrogens with one attached hydrogen (secondary N) is 3. The molecule has 1 fully saturated rings. The lowest BCUT2D eigenvalue weighted by atomic mass is 10.1. The third kappa shape index (κ3) is 4.24. The number of carbonyl (C=O) groups excluding carboxylic acids is 1. The second-order valence-electron chi connectivity index (χ2n) is 7.42. The van der Waals surface area contributed by atoms with E-state index in [-0.39, 0.29) is 17.8 Å². The average Bonchev–Trinajstić information content (AvgIpc) is 3.36. The molecule has 164 valence electrons. The number of amides is 1. The highest BCUT2D eigenvalue weighted by Gasteiger charge is 2.31. The first-order chi connectivity index (χ1) is 14.8. The van der Waals surface area contributed by atoms with Crippen molar-refractivity contribution in [2.24, 2.45) is 0 Å². The number of nitrogens with zero attached hydrogens (tertiary/aromatic N) is 1. The summed E-state index contributed by atoms with van der Waals surface area (Å²) in [5, 5.41) is 3.91. The van der Waals surface area contributed by atoms with E-state index in [9.17, 15) is 18.0 Å². The van der Waals surface area contributed by atoms with E-state index in [2.05, 4.69) is 33.7 Å². The highest BCUT2D eigenvalue weighted by Crippen LogP contribution is 2.31. The lowest BCUT2D eigenvalue weighted by Crippen LogP contribution is -2.44. The average molecular weight is 432 g/mol. The molecule has 3 aromatic rings. The van der Waals surface area contributed by atoms with Gasteiger partial charge in [0.1, 0.15) is 5.75 Å². The van der Waals surface area contributed by atoms with Crippen LogP contribution < -0.4 is 20.9 Å². The maximum atomic E-state index is 12.7. The first-order valence-electron chi connectivity index (χ1n) is 9.96. The van der Waals surface area contributed by atoms with Gasteiger partial charge in [-0.2, -0.15) is 13.2 Å². The molecule has 1 aliphatic heterocycles. The van der Waals surface area contributed by atoms with E-state index in [1.54, 1.807) is 7.11 Å². The summed E-state index contributed by atoms with van der Waals surface area (Å²) in [6.45, 7) is 2.83. The second kappa shape index (κ2) is 8.24. The van der Waals surface area contributed by atoms with Crippen LogP contribution in [0, 0.1) is 0 Å². The van der Waals surface area contributed by atoms with Gasteiger partial charge in [0.2, 0.25) is 0 Å². The van der Waals surface area contributed by atoms with Crippen molar-refractivity contribution in [2.45, 2.75) is 38.3 Å². The van der Waals surface area contributed by atoms with Crippen molar-refractivity contribution < 1.29 is 22.7 Å². The van der Waals surface area contributed by atoms with Crippen LogP contribution >= 0.6 is 0 Å². The van der Waals surface area contributed by atoms with Gasteiger partial charge in [0.25, 0.3) is 5.91 Å². The third-order valence-corrected chi connectivity index (χ3v) is 5.50. The Balaban J connectivity index is 1.46. The smallest absolute Gasteiger partial charge is 0.416 e. The number of ether oxygens (including phenoxy) is 1. The Morgan fingerprint density at radius 1 is 1.16 bits per heavy atom. The highest BCUT2D eigenvalue weighted by molar-refractivity contribution is 5.94. The largest absolute Gasteiger partial charge is 0.497 e. The lowest BCUT2D eigenvalue weighted by Gasteiger charge is -2.14. The van der Waals surface area contributed by atoms with E-state index in [4.69, 9.17) is 4.74 Å². The summed E-state index contributed by atoms with van der Waals surface area (Å²) in [7, 11) is 1.63. The summed E-state index contributed by atoms with van der Waals surface area (Å²) in [5.41, 5.74) is 7.80. The molecule has 31 heavy (non-hydrogen) atoms. The van der Waals surface area contributed by atoms with E-state index in [1.165, 1.54) is 12.1 Å². The van der Waals surface area contributed by atoms with Crippen LogP contribution in [-0.4, -0.2) is 23.7 Å². The van der Waals surface area contributed by atoms with Crippen LogP contribution in [-0.2, 0) is 12.7 Å². The van der Waals surface area contributed by atoms with Gasteiger partial charge in [0.05, 0.1) is 30.4 Å². The van der Waals surface area contributed by atoms with Crippen molar-refractivity contribution in [1.82, 2.24) is 20.7 Å². The number of halogens is 3. The van der Waals surface area contributed by atoms with Crippen LogP contribution in [0.5, 0.6) is 5.75 Å². The van der Waals surface area contributed by atoms with Crippen LogP contribution in [0.4, 0.5) is 13.2 Å². The Kier molecular flexibility index (Phi) is 5.63. The van der Waals surface area contributed by atoms with Crippen LogP contribution in [0.2, 0.25) is 0 Å². The van der Waals surface area contributed by atoms with Crippen LogP contribution in [0.1, 0.15) is 41.0 Å². The fraction of sp³-hybridized carbons (Fsp3) is 0.318. The quantitative estimate of drug-likeness (QED) is 0.571. The number of benzene rings is 2. The summed E-state index contributed by atoms with van der Waals surface area (Å²) in [6, 6.07) is 12.2. The summed E-state index contributed by atoms with van der Waals surface area (Å²) >= 11 is 0. The molecule has 1 amide bonds. The number of fused-ring (bicyclic) bond motifs is 1. The van der Waals surface area contributed by atoms with Gasteiger partial charge in [0.15, 0.2) is 0 Å². The zero-order valence-corrected chi connectivity index (χ0v) is 17.1. The number of carbonyl (C=O) groups is 1. The fourth-order valence-corrected chi connectivity index (χ4v) is 3.92. The normalized spacial score (nSPS) is 19.0. The zero-order chi connectivity index (χ0) is 22.2. The molecular formula is C22H23F3N4O2. The van der Waals surface area contributed by atoms with E-state index in [0.29, 0.717) is 6.42 Å². The number of rotatable bonds is 5. The number of methoxy groups -OCH3 is 1. The van der Waals surface area contributed by atoms with Gasteiger partial charge in [-0.25, -0.2) is 10.9 Å². The molecule has 0 spiro atoms. The summed E-state index contributed by atoms with van der Waals surface area (Å²) in [6.07, 6.45) is -4.21. The molecule has 6 nitrogen and oxygen atoms in total. The van der Waals surface area contributed by atoms with Crippen LogP contribution in [0.25, 0.3) is 10.9 Å². The fourth-order valence-electron chi connectivity index (χ4n) is 3.92. The van der Waals surface area contributed by atoms with Gasteiger partial charge in [0, 0.05) is 35.7 Å². The number of aromatic nitrogens is 1. The second-order valence-corrected chi connectivity index (χ2v) is 7.42. The number of hydrogen-bond donors (Lipinski definition) is 3. The molecular weight excluding hydrogens is 409 g/mol.